The van der Waals surface area contributed by atoms with Crippen molar-refractivity contribution in [2.24, 2.45) is 11.5 Å². The van der Waals surface area contributed by atoms with Crippen LogP contribution in [0.1, 0.15) is 12.8 Å². The molecule has 3 atom stereocenters. The van der Waals surface area contributed by atoms with Crippen molar-refractivity contribution >= 4 is 35.4 Å². The van der Waals surface area contributed by atoms with Crippen LogP contribution >= 0.6 is 0 Å². The molecule has 2 unspecified atom stereocenters. The van der Waals surface area contributed by atoms with Gasteiger partial charge >= 0.3 is 0 Å². The number of rotatable bonds is 12. The molecule has 15 heteroatoms. The second-order valence-electron chi connectivity index (χ2n) is 6.90. The maximum atomic E-state index is 12.6. The predicted octanol–water partition coefficient (Wildman–Crippen LogP) is -6.39. The van der Waals surface area contributed by atoms with E-state index in [0.717, 1.165) is 0 Å². The number of nitrogens with two attached hydrogens (primary N) is 2. The van der Waals surface area contributed by atoms with E-state index in [9.17, 15) is 33.9 Å². The SMILES string of the molecule is NCC(=O)N[C@@H](CO)C(=O)N1CCCC1C(=O)NCC(=O)NCC(=O)NC(CO)C(N)=O. The van der Waals surface area contributed by atoms with E-state index in [1.54, 1.807) is 0 Å². The molecule has 0 saturated carbocycles. The van der Waals surface area contributed by atoms with Gasteiger partial charge in [0.1, 0.15) is 18.1 Å². The molecule has 1 saturated heterocycles. The third kappa shape index (κ3) is 8.09. The summed E-state index contributed by atoms with van der Waals surface area (Å²) >= 11 is 0. The summed E-state index contributed by atoms with van der Waals surface area (Å²) in [5.41, 5.74) is 10.1. The van der Waals surface area contributed by atoms with Crippen LogP contribution in [0.2, 0.25) is 0 Å². The van der Waals surface area contributed by atoms with E-state index in [1.807, 2.05) is 0 Å². The summed E-state index contributed by atoms with van der Waals surface area (Å²) < 4.78 is 0. The van der Waals surface area contributed by atoms with E-state index in [2.05, 4.69) is 21.3 Å². The number of primary amides is 1. The number of hydrogen-bond donors (Lipinski definition) is 8. The first-order valence-electron chi connectivity index (χ1n) is 9.79. The van der Waals surface area contributed by atoms with E-state index in [1.165, 1.54) is 4.90 Å². The van der Waals surface area contributed by atoms with Gasteiger partial charge in [0, 0.05) is 6.54 Å². The number of amides is 6. The third-order valence-corrected chi connectivity index (χ3v) is 4.57. The van der Waals surface area contributed by atoms with Crippen LogP contribution in [-0.2, 0) is 28.8 Å². The molecule has 1 rings (SSSR count). The van der Waals surface area contributed by atoms with Crippen molar-refractivity contribution in [3.8, 4) is 0 Å². The van der Waals surface area contributed by atoms with Crippen molar-refractivity contribution in [1.82, 2.24) is 26.2 Å². The standard InChI is InChI=1S/C17H29N7O8/c18-4-12(27)23-10(8-26)17(32)24-3-1-2-11(24)16(31)21-5-13(28)20-6-14(29)22-9(7-25)15(19)30/h9-11,25-26H,1-8,18H2,(H2,19,30)(H,20,28)(H,21,31)(H,22,29)(H,23,27)/t9?,10-,11?/m0/s1. The molecule has 10 N–H and O–H groups in total. The first-order chi connectivity index (χ1) is 15.1. The minimum atomic E-state index is -1.29. The van der Waals surface area contributed by atoms with Gasteiger partial charge in [-0.1, -0.05) is 0 Å². The number of aliphatic hydroxyl groups excluding tert-OH is 2. The van der Waals surface area contributed by atoms with Gasteiger partial charge in [-0.05, 0) is 12.8 Å². The molecular formula is C17H29N7O8. The van der Waals surface area contributed by atoms with Crippen LogP contribution in [0.25, 0.3) is 0 Å². The van der Waals surface area contributed by atoms with Crippen molar-refractivity contribution in [2.45, 2.75) is 31.0 Å². The molecule has 0 radical (unpaired) electrons. The summed E-state index contributed by atoms with van der Waals surface area (Å²) in [4.78, 5) is 72.1. The molecule has 32 heavy (non-hydrogen) atoms. The second-order valence-corrected chi connectivity index (χ2v) is 6.90. The highest BCUT2D eigenvalue weighted by Crippen LogP contribution is 2.18. The molecule has 15 nitrogen and oxygen atoms in total. The van der Waals surface area contributed by atoms with Crippen molar-refractivity contribution in [1.29, 1.82) is 0 Å². The quantitative estimate of drug-likeness (QED) is 0.138. The molecule has 1 heterocycles. The molecule has 0 aromatic heterocycles. The highest BCUT2D eigenvalue weighted by atomic mass is 16.3. The van der Waals surface area contributed by atoms with E-state index in [-0.39, 0.29) is 13.1 Å². The molecule has 0 aliphatic carbocycles. The minimum Gasteiger partial charge on any atom is -0.394 e. The first kappa shape index (κ1) is 26.7. The van der Waals surface area contributed by atoms with Crippen LogP contribution in [-0.4, -0.2) is 108 Å². The van der Waals surface area contributed by atoms with E-state index < -0.39 is 79.9 Å². The van der Waals surface area contributed by atoms with Gasteiger partial charge in [-0.25, -0.2) is 0 Å². The van der Waals surface area contributed by atoms with Crippen molar-refractivity contribution in [3.63, 3.8) is 0 Å². The molecule has 1 aliphatic heterocycles. The van der Waals surface area contributed by atoms with Crippen LogP contribution in [0.4, 0.5) is 0 Å². The van der Waals surface area contributed by atoms with Crippen LogP contribution in [0.15, 0.2) is 0 Å². The Balaban J connectivity index is 2.52. The van der Waals surface area contributed by atoms with Crippen LogP contribution in [0, 0.1) is 0 Å². The lowest BCUT2D eigenvalue weighted by Crippen LogP contribution is -2.56. The number of aliphatic hydroxyl groups is 2. The number of nitrogens with one attached hydrogen (secondary N) is 4. The molecule has 1 fully saturated rings. The fraction of sp³-hybridized carbons (Fsp3) is 0.647. The lowest BCUT2D eigenvalue weighted by molar-refractivity contribution is -0.142. The summed E-state index contributed by atoms with van der Waals surface area (Å²) in [6, 6.07) is -3.44. The Morgan fingerprint density at radius 1 is 0.906 bits per heavy atom. The van der Waals surface area contributed by atoms with Gasteiger partial charge in [0.05, 0.1) is 32.8 Å². The summed E-state index contributed by atoms with van der Waals surface area (Å²) in [7, 11) is 0. The number of nitrogens with zero attached hydrogens (tertiary/aromatic N) is 1. The minimum absolute atomic E-state index is 0.226. The Morgan fingerprint density at radius 2 is 1.50 bits per heavy atom. The molecule has 6 amide bonds. The maximum absolute atomic E-state index is 12.6. The third-order valence-electron chi connectivity index (χ3n) is 4.57. The average Bonchev–Trinajstić information content (AvgIpc) is 3.27. The van der Waals surface area contributed by atoms with E-state index in [4.69, 9.17) is 16.6 Å². The number of likely N-dealkylation sites (tertiary alicyclic amines) is 1. The fourth-order valence-electron chi connectivity index (χ4n) is 2.92. The van der Waals surface area contributed by atoms with Crippen LogP contribution in [0.3, 0.4) is 0 Å². The van der Waals surface area contributed by atoms with Crippen LogP contribution in [0.5, 0.6) is 0 Å². The van der Waals surface area contributed by atoms with Gasteiger partial charge in [-0.2, -0.15) is 0 Å². The van der Waals surface area contributed by atoms with E-state index in [0.29, 0.717) is 12.8 Å². The summed E-state index contributed by atoms with van der Waals surface area (Å²) in [6.45, 7) is -2.53. The van der Waals surface area contributed by atoms with Gasteiger partial charge in [0.15, 0.2) is 0 Å². The van der Waals surface area contributed by atoms with Gasteiger partial charge in [0.25, 0.3) is 0 Å². The largest absolute Gasteiger partial charge is 0.394 e. The molecule has 0 aromatic carbocycles. The highest BCUT2D eigenvalue weighted by molar-refractivity contribution is 5.94. The Kier molecular flexibility index (Phi) is 11.0. The Hall–Kier alpha value is -3.30. The summed E-state index contributed by atoms with van der Waals surface area (Å²) in [5, 5.41) is 27.2. The number of hydrogen-bond acceptors (Lipinski definition) is 9. The number of carbonyl (C=O) groups excluding carboxylic acids is 6. The Labute approximate surface area is 183 Å². The second kappa shape index (κ2) is 13.2. The highest BCUT2D eigenvalue weighted by Gasteiger charge is 2.37. The molecule has 1 aliphatic rings. The predicted molar refractivity (Wildman–Crippen MR) is 107 cm³/mol. The monoisotopic (exact) mass is 459 g/mol. The van der Waals surface area contributed by atoms with Gasteiger partial charge < -0.3 is 47.8 Å². The zero-order valence-corrected chi connectivity index (χ0v) is 17.3. The lowest BCUT2D eigenvalue weighted by Gasteiger charge is -2.27. The van der Waals surface area contributed by atoms with Crippen molar-refractivity contribution < 1.29 is 39.0 Å². The van der Waals surface area contributed by atoms with Crippen molar-refractivity contribution in [2.75, 3.05) is 39.4 Å². The Bertz CT molecular complexity index is 732. The Morgan fingerprint density at radius 3 is 2.06 bits per heavy atom. The van der Waals surface area contributed by atoms with Gasteiger partial charge in [0.2, 0.25) is 35.4 Å². The number of carbonyl (C=O) groups is 6. The molecular weight excluding hydrogens is 430 g/mol. The molecule has 180 valence electrons. The zero-order valence-electron chi connectivity index (χ0n) is 17.3. The fourth-order valence-corrected chi connectivity index (χ4v) is 2.92. The van der Waals surface area contributed by atoms with Gasteiger partial charge in [-0.3, -0.25) is 28.8 Å². The molecule has 0 bridgehead atoms. The normalized spacial score (nSPS) is 17.1. The van der Waals surface area contributed by atoms with Crippen LogP contribution < -0.4 is 32.7 Å². The molecule has 0 spiro atoms. The first-order valence-corrected chi connectivity index (χ1v) is 9.79. The maximum Gasteiger partial charge on any atom is 0.248 e. The van der Waals surface area contributed by atoms with Gasteiger partial charge in [-0.15, -0.1) is 0 Å². The van der Waals surface area contributed by atoms with E-state index >= 15 is 0 Å². The molecule has 0 aromatic rings. The summed E-state index contributed by atoms with van der Waals surface area (Å²) in [5.74, 6) is -4.34. The zero-order chi connectivity index (χ0) is 24.3. The topological polar surface area (TPSA) is 246 Å². The average molecular weight is 459 g/mol. The van der Waals surface area contributed by atoms with Crippen molar-refractivity contribution in [3.05, 3.63) is 0 Å². The smallest absolute Gasteiger partial charge is 0.248 e. The summed E-state index contributed by atoms with van der Waals surface area (Å²) in [6.07, 6.45) is 0.825. The lowest BCUT2D eigenvalue weighted by atomic mass is 10.2.